The summed E-state index contributed by atoms with van der Waals surface area (Å²) in [6.07, 6.45) is 0.727. The average molecular weight is 294 g/mol. The van der Waals surface area contributed by atoms with E-state index in [2.05, 4.69) is 28.4 Å². The van der Waals surface area contributed by atoms with Gasteiger partial charge in [0, 0.05) is 29.9 Å². The average Bonchev–Trinajstić information content (AvgIpc) is 2.87. The lowest BCUT2D eigenvalue weighted by Gasteiger charge is -2.13. The molecule has 0 aliphatic heterocycles. The van der Waals surface area contributed by atoms with E-state index >= 15 is 0 Å². The SMILES string of the molecule is CC(C)c1noc(CCNC(C)c2cccc(Cl)c2)n1. The van der Waals surface area contributed by atoms with Gasteiger partial charge < -0.3 is 9.84 Å². The Morgan fingerprint density at radius 3 is 2.75 bits per heavy atom. The van der Waals surface area contributed by atoms with Crippen LogP contribution in [0.2, 0.25) is 5.02 Å². The van der Waals surface area contributed by atoms with E-state index in [9.17, 15) is 0 Å². The summed E-state index contributed by atoms with van der Waals surface area (Å²) in [6, 6.07) is 8.11. The minimum Gasteiger partial charge on any atom is -0.339 e. The molecular formula is C15H20ClN3O. The first kappa shape index (κ1) is 15.0. The van der Waals surface area contributed by atoms with Crippen LogP contribution in [0.5, 0.6) is 0 Å². The minimum atomic E-state index is 0.237. The Hall–Kier alpha value is -1.39. The van der Waals surface area contributed by atoms with Crippen LogP contribution in [0.3, 0.4) is 0 Å². The fourth-order valence-electron chi connectivity index (χ4n) is 1.89. The van der Waals surface area contributed by atoms with Gasteiger partial charge in [0.1, 0.15) is 0 Å². The lowest BCUT2D eigenvalue weighted by Crippen LogP contribution is -2.21. The highest BCUT2D eigenvalue weighted by molar-refractivity contribution is 6.30. The molecular weight excluding hydrogens is 274 g/mol. The third kappa shape index (κ3) is 4.05. The van der Waals surface area contributed by atoms with Crippen molar-refractivity contribution in [1.29, 1.82) is 0 Å². The van der Waals surface area contributed by atoms with Crippen LogP contribution < -0.4 is 5.32 Å². The maximum Gasteiger partial charge on any atom is 0.227 e. The maximum absolute atomic E-state index is 5.99. The summed E-state index contributed by atoms with van der Waals surface area (Å²) in [6.45, 7) is 6.99. The van der Waals surface area contributed by atoms with Crippen LogP contribution in [0, 0.1) is 0 Å². The molecule has 0 saturated carbocycles. The van der Waals surface area contributed by atoms with Gasteiger partial charge in [0.25, 0.3) is 0 Å². The first-order chi connectivity index (χ1) is 9.56. The first-order valence-electron chi connectivity index (χ1n) is 6.87. The molecule has 4 nitrogen and oxygen atoms in total. The van der Waals surface area contributed by atoms with Crippen LogP contribution in [0.25, 0.3) is 0 Å². The number of hydrogen-bond acceptors (Lipinski definition) is 4. The molecule has 2 aromatic rings. The molecule has 1 aromatic heterocycles. The highest BCUT2D eigenvalue weighted by atomic mass is 35.5. The number of benzene rings is 1. The second-order valence-electron chi connectivity index (χ2n) is 5.18. The van der Waals surface area contributed by atoms with Crippen molar-refractivity contribution in [3.8, 4) is 0 Å². The lowest BCUT2D eigenvalue weighted by atomic mass is 10.1. The third-order valence-electron chi connectivity index (χ3n) is 3.14. The normalized spacial score (nSPS) is 12.8. The standard InChI is InChI=1S/C15H20ClN3O/c1-10(2)15-18-14(20-19-15)7-8-17-11(3)12-5-4-6-13(16)9-12/h4-6,9-11,17H,7-8H2,1-3H3. The topological polar surface area (TPSA) is 51.0 Å². The van der Waals surface area contributed by atoms with Crippen LogP contribution in [0.15, 0.2) is 28.8 Å². The smallest absolute Gasteiger partial charge is 0.227 e. The molecule has 108 valence electrons. The zero-order chi connectivity index (χ0) is 14.5. The van der Waals surface area contributed by atoms with Crippen LogP contribution in [0.4, 0.5) is 0 Å². The quantitative estimate of drug-likeness (QED) is 0.881. The van der Waals surface area contributed by atoms with Crippen LogP contribution in [0.1, 0.15) is 50.0 Å². The Kier molecular flexibility index (Phi) is 5.15. The lowest BCUT2D eigenvalue weighted by molar-refractivity contribution is 0.367. The molecule has 1 atom stereocenters. The molecule has 1 heterocycles. The van der Waals surface area contributed by atoms with Gasteiger partial charge in [-0.2, -0.15) is 4.98 Å². The van der Waals surface area contributed by atoms with Gasteiger partial charge in [0.05, 0.1) is 0 Å². The first-order valence-corrected chi connectivity index (χ1v) is 7.25. The van der Waals surface area contributed by atoms with Crippen molar-refractivity contribution in [2.45, 2.75) is 39.2 Å². The highest BCUT2D eigenvalue weighted by Crippen LogP contribution is 2.17. The summed E-state index contributed by atoms with van der Waals surface area (Å²) in [5.41, 5.74) is 1.17. The van der Waals surface area contributed by atoms with Gasteiger partial charge in [-0.3, -0.25) is 0 Å². The van der Waals surface area contributed by atoms with E-state index in [4.69, 9.17) is 16.1 Å². The van der Waals surface area contributed by atoms with Crippen LogP contribution in [-0.2, 0) is 6.42 Å². The van der Waals surface area contributed by atoms with Crippen LogP contribution in [-0.4, -0.2) is 16.7 Å². The summed E-state index contributed by atoms with van der Waals surface area (Å²) < 4.78 is 5.21. The zero-order valence-corrected chi connectivity index (χ0v) is 12.8. The fraction of sp³-hybridized carbons (Fsp3) is 0.467. The van der Waals surface area contributed by atoms with Crippen molar-refractivity contribution in [2.24, 2.45) is 0 Å². The molecule has 0 saturated heterocycles. The second kappa shape index (κ2) is 6.86. The third-order valence-corrected chi connectivity index (χ3v) is 3.37. The van der Waals surface area contributed by atoms with Crippen molar-refractivity contribution in [2.75, 3.05) is 6.54 Å². The molecule has 1 unspecified atom stereocenters. The Morgan fingerprint density at radius 1 is 1.30 bits per heavy atom. The molecule has 1 aromatic carbocycles. The van der Waals surface area contributed by atoms with Crippen molar-refractivity contribution < 1.29 is 4.52 Å². The zero-order valence-electron chi connectivity index (χ0n) is 12.1. The van der Waals surface area contributed by atoms with Gasteiger partial charge in [-0.15, -0.1) is 0 Å². The van der Waals surface area contributed by atoms with E-state index in [1.54, 1.807) is 0 Å². The van der Waals surface area contributed by atoms with Crippen molar-refractivity contribution >= 4 is 11.6 Å². The Bertz CT molecular complexity index is 554. The van der Waals surface area contributed by atoms with Gasteiger partial charge in [0.2, 0.25) is 5.89 Å². The molecule has 2 rings (SSSR count). The highest BCUT2D eigenvalue weighted by Gasteiger charge is 2.10. The molecule has 0 bridgehead atoms. The van der Waals surface area contributed by atoms with Crippen LogP contribution >= 0.6 is 11.6 Å². The van der Waals surface area contributed by atoms with Gasteiger partial charge in [-0.25, -0.2) is 0 Å². The van der Waals surface area contributed by atoms with Gasteiger partial charge >= 0.3 is 0 Å². The number of rotatable bonds is 6. The van der Waals surface area contributed by atoms with Gasteiger partial charge in [-0.1, -0.05) is 42.7 Å². The summed E-state index contributed by atoms with van der Waals surface area (Å²) >= 11 is 5.99. The Labute approximate surface area is 124 Å². The summed E-state index contributed by atoms with van der Waals surface area (Å²) in [4.78, 5) is 4.35. The summed E-state index contributed by atoms with van der Waals surface area (Å²) in [5.74, 6) is 1.74. The Morgan fingerprint density at radius 2 is 2.10 bits per heavy atom. The molecule has 20 heavy (non-hydrogen) atoms. The largest absolute Gasteiger partial charge is 0.339 e. The molecule has 0 radical (unpaired) electrons. The van der Waals surface area contributed by atoms with Gasteiger partial charge in [0.15, 0.2) is 5.82 Å². The summed E-state index contributed by atoms with van der Waals surface area (Å²) in [5, 5.41) is 8.14. The molecule has 0 aliphatic rings. The molecule has 0 spiro atoms. The van der Waals surface area contributed by atoms with E-state index in [0.717, 1.165) is 23.8 Å². The van der Waals surface area contributed by atoms with E-state index in [1.807, 2.05) is 32.0 Å². The van der Waals surface area contributed by atoms with E-state index in [-0.39, 0.29) is 6.04 Å². The van der Waals surface area contributed by atoms with E-state index < -0.39 is 0 Å². The second-order valence-corrected chi connectivity index (χ2v) is 5.62. The van der Waals surface area contributed by atoms with E-state index in [1.165, 1.54) is 5.56 Å². The fourth-order valence-corrected chi connectivity index (χ4v) is 2.09. The number of nitrogens with zero attached hydrogens (tertiary/aromatic N) is 2. The van der Waals surface area contributed by atoms with Gasteiger partial charge in [-0.05, 0) is 24.6 Å². The number of nitrogens with one attached hydrogen (secondary N) is 1. The Balaban J connectivity index is 1.83. The summed E-state index contributed by atoms with van der Waals surface area (Å²) in [7, 11) is 0. The number of aromatic nitrogens is 2. The molecule has 5 heteroatoms. The van der Waals surface area contributed by atoms with Crippen molar-refractivity contribution in [3.05, 3.63) is 46.6 Å². The predicted octanol–water partition coefficient (Wildman–Crippen LogP) is 3.74. The minimum absolute atomic E-state index is 0.237. The van der Waals surface area contributed by atoms with E-state index in [0.29, 0.717) is 11.8 Å². The van der Waals surface area contributed by atoms with Crippen molar-refractivity contribution in [3.63, 3.8) is 0 Å². The molecule has 1 N–H and O–H groups in total. The monoisotopic (exact) mass is 293 g/mol. The molecule has 0 amide bonds. The molecule has 0 fully saturated rings. The molecule has 0 aliphatic carbocycles. The predicted molar refractivity (Wildman–Crippen MR) is 80.0 cm³/mol. The maximum atomic E-state index is 5.99. The number of hydrogen-bond donors (Lipinski definition) is 1. The van der Waals surface area contributed by atoms with Crippen molar-refractivity contribution in [1.82, 2.24) is 15.5 Å². The number of halogens is 1.